The Morgan fingerprint density at radius 2 is 1.57 bits per heavy atom. The number of hydrogen-bond acceptors (Lipinski definition) is 2. The molecular formula is C26H24N2. The monoisotopic (exact) mass is 364 g/mol. The number of nitrogens with zero attached hydrogens (tertiary/aromatic N) is 2. The summed E-state index contributed by atoms with van der Waals surface area (Å²) < 4.78 is 0. The minimum Gasteiger partial charge on any atom is -0.310 e. The number of pyridine rings is 1. The molecule has 0 radical (unpaired) electrons. The molecule has 0 unspecified atom stereocenters. The van der Waals surface area contributed by atoms with Crippen molar-refractivity contribution >= 4 is 11.4 Å². The number of benzene rings is 2. The molecule has 0 bridgehead atoms. The summed E-state index contributed by atoms with van der Waals surface area (Å²) in [5, 5.41) is 0. The van der Waals surface area contributed by atoms with E-state index in [9.17, 15) is 0 Å². The number of hydrogen-bond donors (Lipinski definition) is 0. The van der Waals surface area contributed by atoms with Gasteiger partial charge in [-0.1, -0.05) is 68.5 Å². The highest BCUT2D eigenvalue weighted by Crippen LogP contribution is 2.34. The van der Waals surface area contributed by atoms with E-state index in [0.717, 1.165) is 28.3 Å². The Morgan fingerprint density at radius 3 is 2.36 bits per heavy atom. The average Bonchev–Trinajstić information content (AvgIpc) is 2.91. The molecule has 1 aromatic heterocycles. The number of para-hydroxylation sites is 1. The number of aromatic nitrogens is 1. The number of anilines is 2. The third-order valence-corrected chi connectivity index (χ3v) is 4.81. The van der Waals surface area contributed by atoms with Gasteiger partial charge in [0, 0.05) is 34.2 Å². The summed E-state index contributed by atoms with van der Waals surface area (Å²) in [6, 6.07) is 25.0. The van der Waals surface area contributed by atoms with Crippen molar-refractivity contribution < 1.29 is 0 Å². The van der Waals surface area contributed by atoms with Crippen molar-refractivity contribution in [1.29, 1.82) is 0 Å². The standard InChI is InChI=1S/C26H24N2/c1-26(2)17-9-14-23(16-18-26)28(22-11-4-3-5-12-22)24-13-8-10-21(20-24)25-15-6-7-19-27-25/h3-20H,1-2H3. The third-order valence-electron chi connectivity index (χ3n) is 4.81. The topological polar surface area (TPSA) is 16.1 Å². The van der Waals surface area contributed by atoms with E-state index in [4.69, 9.17) is 0 Å². The number of rotatable bonds is 4. The first kappa shape index (κ1) is 18.0. The van der Waals surface area contributed by atoms with Crippen molar-refractivity contribution in [2.45, 2.75) is 13.8 Å². The van der Waals surface area contributed by atoms with Gasteiger partial charge in [0.15, 0.2) is 0 Å². The second kappa shape index (κ2) is 7.69. The highest BCUT2D eigenvalue weighted by atomic mass is 15.1. The first-order chi connectivity index (χ1) is 13.6. The number of allylic oxidation sites excluding steroid dienone is 5. The Balaban J connectivity index is 1.82. The lowest BCUT2D eigenvalue weighted by Crippen LogP contribution is -2.15. The molecule has 28 heavy (non-hydrogen) atoms. The molecule has 0 fully saturated rings. The molecule has 0 aliphatic heterocycles. The van der Waals surface area contributed by atoms with Crippen molar-refractivity contribution in [3.8, 4) is 11.3 Å². The van der Waals surface area contributed by atoms with Gasteiger partial charge in [0.1, 0.15) is 0 Å². The van der Waals surface area contributed by atoms with E-state index in [-0.39, 0.29) is 5.41 Å². The fourth-order valence-electron chi connectivity index (χ4n) is 3.32. The van der Waals surface area contributed by atoms with Crippen LogP contribution < -0.4 is 4.90 Å². The maximum absolute atomic E-state index is 4.51. The van der Waals surface area contributed by atoms with Crippen molar-refractivity contribution in [3.05, 3.63) is 115 Å². The van der Waals surface area contributed by atoms with Gasteiger partial charge in [-0.15, -0.1) is 0 Å². The van der Waals surface area contributed by atoms with Gasteiger partial charge < -0.3 is 4.90 Å². The molecule has 0 atom stereocenters. The minimum atomic E-state index is 0.0381. The smallest absolute Gasteiger partial charge is 0.0702 e. The molecule has 2 heteroatoms. The highest BCUT2D eigenvalue weighted by molar-refractivity contribution is 5.75. The maximum Gasteiger partial charge on any atom is 0.0702 e. The molecule has 0 saturated carbocycles. The molecule has 4 rings (SSSR count). The van der Waals surface area contributed by atoms with Gasteiger partial charge in [0.25, 0.3) is 0 Å². The zero-order valence-corrected chi connectivity index (χ0v) is 16.3. The lowest BCUT2D eigenvalue weighted by molar-refractivity contribution is 0.627. The summed E-state index contributed by atoms with van der Waals surface area (Å²) in [6.45, 7) is 4.43. The average molecular weight is 364 g/mol. The molecule has 0 N–H and O–H groups in total. The third kappa shape index (κ3) is 3.96. The fourth-order valence-corrected chi connectivity index (χ4v) is 3.32. The maximum atomic E-state index is 4.51. The normalized spacial score (nSPS) is 15.0. The predicted molar refractivity (Wildman–Crippen MR) is 118 cm³/mol. The molecule has 0 spiro atoms. The van der Waals surface area contributed by atoms with Crippen LogP contribution in [0.3, 0.4) is 0 Å². The van der Waals surface area contributed by atoms with E-state index in [2.05, 4.69) is 103 Å². The fraction of sp³-hybridized carbons (Fsp3) is 0.115. The van der Waals surface area contributed by atoms with Crippen LogP contribution in [0.25, 0.3) is 11.3 Å². The Bertz CT molecular complexity index is 1030. The molecule has 1 aliphatic rings. The quantitative estimate of drug-likeness (QED) is 0.499. The second-order valence-electron chi connectivity index (χ2n) is 7.54. The van der Waals surface area contributed by atoms with Crippen LogP contribution in [-0.2, 0) is 0 Å². The summed E-state index contributed by atoms with van der Waals surface area (Å²) >= 11 is 0. The van der Waals surface area contributed by atoms with Crippen molar-refractivity contribution in [3.63, 3.8) is 0 Å². The van der Waals surface area contributed by atoms with E-state index in [0.29, 0.717) is 0 Å². The lowest BCUT2D eigenvalue weighted by atomic mass is 9.93. The van der Waals surface area contributed by atoms with Gasteiger partial charge >= 0.3 is 0 Å². The van der Waals surface area contributed by atoms with Crippen LogP contribution in [0.15, 0.2) is 115 Å². The van der Waals surface area contributed by atoms with Crippen LogP contribution in [0.1, 0.15) is 13.8 Å². The predicted octanol–water partition coefficient (Wildman–Crippen LogP) is 6.92. The van der Waals surface area contributed by atoms with Crippen LogP contribution in [0.5, 0.6) is 0 Å². The molecule has 0 saturated heterocycles. The highest BCUT2D eigenvalue weighted by Gasteiger charge is 2.17. The van der Waals surface area contributed by atoms with Crippen LogP contribution in [0.4, 0.5) is 11.4 Å². The summed E-state index contributed by atoms with van der Waals surface area (Å²) in [4.78, 5) is 6.80. The zero-order chi connectivity index (χ0) is 19.4. The molecule has 1 heterocycles. The van der Waals surface area contributed by atoms with Crippen LogP contribution >= 0.6 is 0 Å². The molecule has 138 valence electrons. The van der Waals surface area contributed by atoms with E-state index in [1.165, 1.54) is 0 Å². The van der Waals surface area contributed by atoms with Crippen molar-refractivity contribution in [2.24, 2.45) is 5.41 Å². The van der Waals surface area contributed by atoms with Gasteiger partial charge in [0.2, 0.25) is 0 Å². The summed E-state index contributed by atoms with van der Waals surface area (Å²) in [5.74, 6) is 0. The molecular weight excluding hydrogens is 340 g/mol. The van der Waals surface area contributed by atoms with Gasteiger partial charge in [-0.3, -0.25) is 4.98 Å². The molecule has 3 aromatic rings. The van der Waals surface area contributed by atoms with E-state index >= 15 is 0 Å². The van der Waals surface area contributed by atoms with Crippen LogP contribution in [0.2, 0.25) is 0 Å². The minimum absolute atomic E-state index is 0.0381. The van der Waals surface area contributed by atoms with Gasteiger partial charge in [-0.2, -0.15) is 0 Å². The molecule has 2 nitrogen and oxygen atoms in total. The molecule has 2 aromatic carbocycles. The Labute approximate surface area is 167 Å². The molecule has 0 amide bonds. The summed E-state index contributed by atoms with van der Waals surface area (Å²) in [7, 11) is 0. The van der Waals surface area contributed by atoms with Gasteiger partial charge in [-0.05, 0) is 48.6 Å². The Kier molecular flexibility index (Phi) is 4.94. The van der Waals surface area contributed by atoms with Gasteiger partial charge in [-0.25, -0.2) is 0 Å². The lowest BCUT2D eigenvalue weighted by Gasteiger charge is -2.27. The van der Waals surface area contributed by atoms with E-state index < -0.39 is 0 Å². The Hall–Kier alpha value is -3.39. The van der Waals surface area contributed by atoms with Crippen molar-refractivity contribution in [1.82, 2.24) is 4.98 Å². The largest absolute Gasteiger partial charge is 0.310 e. The van der Waals surface area contributed by atoms with Crippen molar-refractivity contribution in [2.75, 3.05) is 4.90 Å². The zero-order valence-electron chi connectivity index (χ0n) is 16.3. The molecule has 1 aliphatic carbocycles. The van der Waals surface area contributed by atoms with E-state index in [1.54, 1.807) is 0 Å². The van der Waals surface area contributed by atoms with Gasteiger partial charge in [0.05, 0.1) is 5.69 Å². The first-order valence-corrected chi connectivity index (χ1v) is 9.58. The van der Waals surface area contributed by atoms with E-state index in [1.807, 2.05) is 30.5 Å². The van der Waals surface area contributed by atoms with Crippen LogP contribution in [-0.4, -0.2) is 4.98 Å². The summed E-state index contributed by atoms with van der Waals surface area (Å²) in [5.41, 5.74) is 5.49. The summed E-state index contributed by atoms with van der Waals surface area (Å²) in [6.07, 6.45) is 12.8. The SMILES string of the molecule is CC1(C)C=CC=C(N(c2ccccc2)c2cccc(-c3ccccn3)c2)C=C1. The first-order valence-electron chi connectivity index (χ1n) is 9.58. The second-order valence-corrected chi connectivity index (χ2v) is 7.54. The van der Waals surface area contributed by atoms with Crippen LogP contribution in [0, 0.1) is 5.41 Å². The Morgan fingerprint density at radius 1 is 0.786 bits per heavy atom.